The van der Waals surface area contributed by atoms with Gasteiger partial charge in [-0.25, -0.2) is 0 Å². The number of nitrogen functional groups attached to an aromatic ring is 1. The molecule has 58 valence electrons. The minimum Gasteiger partial charge on any atom is -0.368 e. The molecule has 1 aliphatic heterocycles. The maximum absolute atomic E-state index is 5.70. The number of nitrogens with zero attached hydrogens (tertiary/aromatic N) is 2. The molecule has 0 saturated heterocycles. The van der Waals surface area contributed by atoms with Gasteiger partial charge in [0.05, 0.1) is 0 Å². The van der Waals surface area contributed by atoms with Gasteiger partial charge in [0.2, 0.25) is 5.95 Å². The van der Waals surface area contributed by atoms with E-state index in [1.165, 1.54) is 0 Å². The third-order valence-corrected chi connectivity index (χ3v) is 1.52. The molecule has 0 amide bonds. The average Bonchev–Trinajstić information content (AvgIpc) is 2.34. The van der Waals surface area contributed by atoms with E-state index in [0.29, 0.717) is 16.7 Å². The van der Waals surface area contributed by atoms with E-state index in [2.05, 4.69) is 26.4 Å². The van der Waals surface area contributed by atoms with Crippen LogP contribution in [0.25, 0.3) is 0 Å². The second-order valence-corrected chi connectivity index (χ2v) is 2.33. The number of nitrogens with two attached hydrogens (primary N) is 1. The zero-order valence-corrected chi connectivity index (χ0v) is 6.11. The van der Waals surface area contributed by atoms with Gasteiger partial charge in [0, 0.05) is 0 Å². The predicted octanol–water partition coefficient (Wildman–Crippen LogP) is -0.0308. The Bertz CT molecular complexity index is 299. The second-order valence-electron chi connectivity index (χ2n) is 1.97. The lowest BCUT2D eigenvalue weighted by Crippen LogP contribution is -2.19. The van der Waals surface area contributed by atoms with Crippen molar-refractivity contribution in [2.45, 2.75) is 0 Å². The Morgan fingerprint density at radius 2 is 2.09 bits per heavy atom. The summed E-state index contributed by atoms with van der Waals surface area (Å²) in [5.41, 5.74) is 14.0. The molecule has 0 bridgehead atoms. The Morgan fingerprint density at radius 1 is 1.27 bits per heavy atom. The van der Waals surface area contributed by atoms with Gasteiger partial charge in [0.1, 0.15) is 5.69 Å². The van der Waals surface area contributed by atoms with Crippen molar-refractivity contribution in [3.8, 4) is 0 Å². The minimum absolute atomic E-state index is 0.145. The van der Waals surface area contributed by atoms with E-state index in [9.17, 15) is 0 Å². The van der Waals surface area contributed by atoms with Crippen LogP contribution in [0.4, 0.5) is 17.5 Å². The highest BCUT2D eigenvalue weighted by molar-refractivity contribution is 6.32. The van der Waals surface area contributed by atoms with Gasteiger partial charge >= 0.3 is 0 Å². The molecule has 0 fully saturated rings. The lowest BCUT2D eigenvalue weighted by molar-refractivity contribution is 0.999. The zero-order valence-electron chi connectivity index (χ0n) is 5.35. The van der Waals surface area contributed by atoms with Gasteiger partial charge in [-0.15, -0.1) is 5.53 Å². The van der Waals surface area contributed by atoms with Crippen molar-refractivity contribution in [1.82, 2.24) is 15.5 Å². The number of hydrazine groups is 2. The molecule has 5 N–H and O–H groups in total. The summed E-state index contributed by atoms with van der Waals surface area (Å²) in [6.07, 6.45) is 0. The van der Waals surface area contributed by atoms with Gasteiger partial charge in [-0.1, -0.05) is 11.6 Å². The number of anilines is 3. The molecule has 0 radical (unpaired) electrons. The number of fused-ring (bicyclic) bond motifs is 1. The monoisotopic (exact) mass is 172 g/mol. The summed E-state index contributed by atoms with van der Waals surface area (Å²) in [4.78, 5) is 7.60. The molecule has 0 aromatic carbocycles. The molecule has 0 aliphatic carbocycles. The molecule has 0 atom stereocenters. The fraction of sp³-hybridized carbons (Fsp3) is 0. The highest BCUT2D eigenvalue weighted by Crippen LogP contribution is 2.28. The van der Waals surface area contributed by atoms with Gasteiger partial charge < -0.3 is 5.73 Å². The van der Waals surface area contributed by atoms with Crippen LogP contribution in [0.3, 0.4) is 0 Å². The molecule has 11 heavy (non-hydrogen) atoms. The summed E-state index contributed by atoms with van der Waals surface area (Å²) < 4.78 is 0. The lowest BCUT2D eigenvalue weighted by atomic mass is 10.5. The van der Waals surface area contributed by atoms with Crippen molar-refractivity contribution < 1.29 is 0 Å². The first-order valence-corrected chi connectivity index (χ1v) is 3.25. The van der Waals surface area contributed by atoms with E-state index in [1.807, 2.05) is 0 Å². The smallest absolute Gasteiger partial charge is 0.223 e. The molecular formula is C4H5ClN6. The predicted molar refractivity (Wildman–Crippen MR) is 41.8 cm³/mol. The van der Waals surface area contributed by atoms with Crippen molar-refractivity contribution in [3.63, 3.8) is 0 Å². The molecular weight excluding hydrogens is 168 g/mol. The van der Waals surface area contributed by atoms with Gasteiger partial charge in [0.15, 0.2) is 11.0 Å². The van der Waals surface area contributed by atoms with Crippen molar-refractivity contribution in [3.05, 3.63) is 5.15 Å². The fourth-order valence-corrected chi connectivity index (χ4v) is 1.03. The highest BCUT2D eigenvalue weighted by Gasteiger charge is 2.15. The summed E-state index contributed by atoms with van der Waals surface area (Å²) >= 11 is 5.70. The molecule has 0 unspecified atom stereocenters. The molecule has 2 heterocycles. The first-order chi connectivity index (χ1) is 5.27. The third-order valence-electron chi connectivity index (χ3n) is 1.25. The quantitative estimate of drug-likeness (QED) is 0.411. The van der Waals surface area contributed by atoms with Crippen LogP contribution in [0.1, 0.15) is 0 Å². The Hall–Kier alpha value is -1.27. The fourth-order valence-electron chi connectivity index (χ4n) is 0.804. The molecule has 0 spiro atoms. The molecule has 1 aromatic rings. The van der Waals surface area contributed by atoms with E-state index in [-0.39, 0.29) is 5.95 Å². The Labute approximate surface area is 67.1 Å². The first-order valence-electron chi connectivity index (χ1n) is 2.87. The number of nitrogens with one attached hydrogen (secondary N) is 3. The summed E-state index contributed by atoms with van der Waals surface area (Å²) in [5.74, 6) is 0.703. The normalized spacial score (nSPS) is 13.5. The number of hydrogen-bond acceptors (Lipinski definition) is 6. The molecule has 2 rings (SSSR count). The van der Waals surface area contributed by atoms with Gasteiger partial charge in [-0.05, 0) is 0 Å². The Balaban J connectivity index is 2.60. The van der Waals surface area contributed by atoms with Crippen LogP contribution in [0.2, 0.25) is 5.15 Å². The molecule has 1 aliphatic rings. The topological polar surface area (TPSA) is 87.9 Å². The Morgan fingerprint density at radius 3 is 2.91 bits per heavy atom. The summed E-state index contributed by atoms with van der Waals surface area (Å²) in [6.45, 7) is 0. The van der Waals surface area contributed by atoms with E-state index >= 15 is 0 Å². The standard InChI is InChI=1S/C4H5ClN6/c5-2-1-3(10-11-9-1)8-4(6)7-2/h9,11H,(H3,6,7,8,10). The maximum Gasteiger partial charge on any atom is 0.223 e. The van der Waals surface area contributed by atoms with Crippen LogP contribution >= 0.6 is 11.6 Å². The van der Waals surface area contributed by atoms with Crippen LogP contribution in [-0.2, 0) is 0 Å². The number of aromatic nitrogens is 2. The number of halogens is 1. The Kier molecular flexibility index (Phi) is 1.23. The van der Waals surface area contributed by atoms with E-state index in [4.69, 9.17) is 17.3 Å². The van der Waals surface area contributed by atoms with E-state index in [1.54, 1.807) is 0 Å². The summed E-state index contributed by atoms with van der Waals surface area (Å²) in [6, 6.07) is 0. The van der Waals surface area contributed by atoms with Crippen molar-refractivity contribution in [2.75, 3.05) is 16.6 Å². The largest absolute Gasteiger partial charge is 0.368 e. The van der Waals surface area contributed by atoms with Crippen molar-refractivity contribution >= 4 is 29.1 Å². The average molecular weight is 173 g/mol. The lowest BCUT2D eigenvalue weighted by Gasteiger charge is -1.98. The number of rotatable bonds is 0. The number of hydrogen-bond donors (Lipinski definition) is 4. The minimum atomic E-state index is 0.145. The third kappa shape index (κ3) is 0.920. The van der Waals surface area contributed by atoms with Crippen LogP contribution in [0, 0.1) is 0 Å². The highest BCUT2D eigenvalue weighted by atomic mass is 35.5. The first kappa shape index (κ1) is 6.44. The summed E-state index contributed by atoms with van der Waals surface area (Å²) in [7, 11) is 0. The van der Waals surface area contributed by atoms with Crippen LogP contribution in [-0.4, -0.2) is 9.97 Å². The maximum atomic E-state index is 5.70. The van der Waals surface area contributed by atoms with Gasteiger partial charge in [-0.3, -0.25) is 10.9 Å². The van der Waals surface area contributed by atoms with E-state index in [0.717, 1.165) is 0 Å². The van der Waals surface area contributed by atoms with Crippen LogP contribution in [0.5, 0.6) is 0 Å². The SMILES string of the molecule is Nc1nc(Cl)c2c(n1)NNN2. The molecule has 1 aromatic heterocycles. The molecule has 7 heteroatoms. The summed E-state index contributed by atoms with van der Waals surface area (Å²) in [5, 5.41) is 0.296. The second kappa shape index (κ2) is 2.11. The zero-order chi connectivity index (χ0) is 7.84. The molecule has 0 saturated carbocycles. The van der Waals surface area contributed by atoms with Gasteiger partial charge in [-0.2, -0.15) is 9.97 Å². The van der Waals surface area contributed by atoms with Gasteiger partial charge in [0.25, 0.3) is 0 Å². The van der Waals surface area contributed by atoms with Crippen LogP contribution in [0.15, 0.2) is 0 Å². The molecule has 6 nitrogen and oxygen atoms in total. The van der Waals surface area contributed by atoms with Crippen molar-refractivity contribution in [1.29, 1.82) is 0 Å². The van der Waals surface area contributed by atoms with Crippen LogP contribution < -0.4 is 22.1 Å². The van der Waals surface area contributed by atoms with Crippen molar-refractivity contribution in [2.24, 2.45) is 0 Å². The van der Waals surface area contributed by atoms with E-state index < -0.39 is 0 Å².